The second-order valence-electron chi connectivity index (χ2n) is 4.53. The summed E-state index contributed by atoms with van der Waals surface area (Å²) in [4.78, 5) is 8.42. The van der Waals surface area contributed by atoms with Crippen LogP contribution in [0.2, 0.25) is 0 Å². The number of aromatic hydroxyl groups is 1. The fraction of sp³-hybridized carbons (Fsp3) is 0.0588. The minimum atomic E-state index is 0.200. The fourth-order valence-electron chi connectivity index (χ4n) is 2.20. The number of hydrogen-bond donors (Lipinski definition) is 1. The Morgan fingerprint density at radius 1 is 0.952 bits per heavy atom. The maximum atomic E-state index is 10.0. The molecule has 0 saturated heterocycles. The quantitative estimate of drug-likeness (QED) is 0.796. The van der Waals surface area contributed by atoms with E-state index in [1.807, 2.05) is 36.4 Å². The van der Waals surface area contributed by atoms with Crippen molar-refractivity contribution in [1.29, 1.82) is 0 Å². The van der Waals surface area contributed by atoms with E-state index in [2.05, 4.69) is 9.97 Å². The van der Waals surface area contributed by atoms with Crippen LogP contribution in [0.3, 0.4) is 0 Å². The molecule has 2 aromatic carbocycles. The van der Waals surface area contributed by atoms with Crippen molar-refractivity contribution >= 4 is 0 Å². The van der Waals surface area contributed by atoms with E-state index < -0.39 is 0 Å². The molecule has 3 rings (SSSR count). The molecule has 0 aliphatic rings. The lowest BCUT2D eigenvalue weighted by Gasteiger charge is -2.10. The largest absolute Gasteiger partial charge is 0.507 e. The normalized spacial score (nSPS) is 10.3. The van der Waals surface area contributed by atoms with Gasteiger partial charge < -0.3 is 9.84 Å². The van der Waals surface area contributed by atoms with E-state index in [0.717, 1.165) is 16.9 Å². The zero-order valence-electron chi connectivity index (χ0n) is 11.5. The van der Waals surface area contributed by atoms with Crippen LogP contribution in [0, 0.1) is 0 Å². The summed E-state index contributed by atoms with van der Waals surface area (Å²) in [5.74, 6) is 0.991. The van der Waals surface area contributed by atoms with Gasteiger partial charge in [-0.3, -0.25) is 0 Å². The van der Waals surface area contributed by atoms with Gasteiger partial charge in [0, 0.05) is 17.3 Å². The van der Waals surface area contributed by atoms with Crippen LogP contribution < -0.4 is 4.74 Å². The lowest BCUT2D eigenvalue weighted by atomic mass is 10.0. The number of rotatable bonds is 3. The Labute approximate surface area is 122 Å². The summed E-state index contributed by atoms with van der Waals surface area (Å²) in [7, 11) is 1.63. The zero-order chi connectivity index (χ0) is 14.7. The summed E-state index contributed by atoms with van der Waals surface area (Å²) in [5.41, 5.74) is 3.22. The van der Waals surface area contributed by atoms with Crippen LogP contribution in [0.1, 0.15) is 0 Å². The van der Waals surface area contributed by atoms with Crippen LogP contribution in [-0.2, 0) is 0 Å². The van der Waals surface area contributed by atoms with E-state index in [1.165, 1.54) is 6.33 Å². The molecule has 0 spiro atoms. The van der Waals surface area contributed by atoms with E-state index >= 15 is 0 Å². The molecule has 1 N–H and O–H groups in total. The van der Waals surface area contributed by atoms with Crippen LogP contribution in [0.15, 0.2) is 61.1 Å². The molecular weight excluding hydrogens is 264 g/mol. The maximum Gasteiger partial charge on any atom is 0.124 e. The SMILES string of the molecule is COc1ccc(-c2cncnc2-c2ccccc2O)cc1. The number of hydrogen-bond acceptors (Lipinski definition) is 4. The minimum Gasteiger partial charge on any atom is -0.507 e. The highest BCUT2D eigenvalue weighted by Crippen LogP contribution is 2.34. The maximum absolute atomic E-state index is 10.0. The van der Waals surface area contributed by atoms with Crippen molar-refractivity contribution in [3.8, 4) is 33.9 Å². The second kappa shape index (κ2) is 5.63. The summed E-state index contributed by atoms with van der Waals surface area (Å²) >= 11 is 0. The van der Waals surface area contributed by atoms with Crippen molar-refractivity contribution in [3.63, 3.8) is 0 Å². The molecule has 21 heavy (non-hydrogen) atoms. The summed E-state index contributed by atoms with van der Waals surface area (Å²) < 4.78 is 5.17. The first kappa shape index (κ1) is 13.1. The van der Waals surface area contributed by atoms with Gasteiger partial charge in [-0.25, -0.2) is 9.97 Å². The van der Waals surface area contributed by atoms with Crippen molar-refractivity contribution < 1.29 is 9.84 Å². The van der Waals surface area contributed by atoms with Crippen LogP contribution in [-0.4, -0.2) is 22.2 Å². The number of phenolic OH excluding ortho intramolecular Hbond substituents is 1. The molecule has 0 atom stereocenters. The molecule has 0 amide bonds. The van der Waals surface area contributed by atoms with Gasteiger partial charge in [-0.05, 0) is 29.8 Å². The van der Waals surface area contributed by atoms with Crippen LogP contribution in [0.25, 0.3) is 22.4 Å². The molecule has 4 heteroatoms. The monoisotopic (exact) mass is 278 g/mol. The second-order valence-corrected chi connectivity index (χ2v) is 4.53. The highest BCUT2D eigenvalue weighted by molar-refractivity contribution is 5.82. The molecule has 0 bridgehead atoms. The third kappa shape index (κ3) is 2.56. The summed E-state index contributed by atoms with van der Waals surface area (Å²) in [6, 6.07) is 14.8. The summed E-state index contributed by atoms with van der Waals surface area (Å²) in [6.45, 7) is 0. The third-order valence-electron chi connectivity index (χ3n) is 3.27. The number of aromatic nitrogens is 2. The average Bonchev–Trinajstić information content (AvgIpc) is 2.55. The van der Waals surface area contributed by atoms with Crippen molar-refractivity contribution in [1.82, 2.24) is 9.97 Å². The molecule has 3 aromatic rings. The Hall–Kier alpha value is -2.88. The van der Waals surface area contributed by atoms with E-state index in [9.17, 15) is 5.11 Å². The first-order chi connectivity index (χ1) is 10.3. The number of nitrogens with zero attached hydrogens (tertiary/aromatic N) is 2. The van der Waals surface area contributed by atoms with E-state index in [-0.39, 0.29) is 5.75 Å². The van der Waals surface area contributed by atoms with Crippen LogP contribution >= 0.6 is 0 Å². The van der Waals surface area contributed by atoms with Gasteiger partial charge in [-0.2, -0.15) is 0 Å². The Morgan fingerprint density at radius 2 is 1.71 bits per heavy atom. The standard InChI is InChI=1S/C17H14N2O2/c1-21-13-8-6-12(7-9-13)15-10-18-11-19-17(15)14-4-2-3-5-16(14)20/h2-11,20H,1H3. The van der Waals surface area contributed by atoms with Crippen LogP contribution in [0.5, 0.6) is 11.5 Å². The molecular formula is C17H14N2O2. The van der Waals surface area contributed by atoms with Crippen molar-refractivity contribution in [2.75, 3.05) is 7.11 Å². The molecule has 0 aliphatic carbocycles. The van der Waals surface area contributed by atoms with Gasteiger partial charge in [0.2, 0.25) is 0 Å². The molecule has 0 radical (unpaired) electrons. The van der Waals surface area contributed by atoms with Gasteiger partial charge in [0.25, 0.3) is 0 Å². The third-order valence-corrected chi connectivity index (χ3v) is 3.27. The number of methoxy groups -OCH3 is 1. The predicted molar refractivity (Wildman–Crippen MR) is 81.1 cm³/mol. The van der Waals surface area contributed by atoms with E-state index in [1.54, 1.807) is 25.4 Å². The number of phenols is 1. The zero-order valence-corrected chi connectivity index (χ0v) is 11.5. The topological polar surface area (TPSA) is 55.2 Å². The van der Waals surface area contributed by atoms with Crippen molar-refractivity contribution in [2.24, 2.45) is 0 Å². The van der Waals surface area contributed by atoms with E-state index in [0.29, 0.717) is 11.3 Å². The lowest BCUT2D eigenvalue weighted by Crippen LogP contribution is -1.91. The molecule has 0 fully saturated rings. The predicted octanol–water partition coefficient (Wildman–Crippen LogP) is 3.52. The first-order valence-corrected chi connectivity index (χ1v) is 6.52. The molecule has 0 unspecified atom stereocenters. The number of ether oxygens (including phenoxy) is 1. The molecule has 104 valence electrons. The van der Waals surface area contributed by atoms with Crippen molar-refractivity contribution in [3.05, 3.63) is 61.1 Å². The van der Waals surface area contributed by atoms with E-state index in [4.69, 9.17) is 4.74 Å². The molecule has 0 aliphatic heterocycles. The summed E-state index contributed by atoms with van der Waals surface area (Å²) in [6.07, 6.45) is 3.23. The Bertz CT molecular complexity index is 755. The fourth-order valence-corrected chi connectivity index (χ4v) is 2.20. The lowest BCUT2D eigenvalue weighted by molar-refractivity contribution is 0.415. The highest BCUT2D eigenvalue weighted by atomic mass is 16.5. The molecule has 0 saturated carbocycles. The highest BCUT2D eigenvalue weighted by Gasteiger charge is 2.12. The number of para-hydroxylation sites is 1. The van der Waals surface area contributed by atoms with Gasteiger partial charge in [-0.1, -0.05) is 24.3 Å². The Kier molecular flexibility index (Phi) is 3.51. The average molecular weight is 278 g/mol. The van der Waals surface area contributed by atoms with Gasteiger partial charge >= 0.3 is 0 Å². The van der Waals surface area contributed by atoms with Gasteiger partial charge in [0.1, 0.15) is 17.8 Å². The minimum absolute atomic E-state index is 0.200. The molecule has 4 nitrogen and oxygen atoms in total. The molecule has 1 aromatic heterocycles. The van der Waals surface area contributed by atoms with Gasteiger partial charge in [-0.15, -0.1) is 0 Å². The smallest absolute Gasteiger partial charge is 0.124 e. The van der Waals surface area contributed by atoms with Gasteiger partial charge in [0.05, 0.1) is 12.8 Å². The van der Waals surface area contributed by atoms with Crippen molar-refractivity contribution in [2.45, 2.75) is 0 Å². The first-order valence-electron chi connectivity index (χ1n) is 6.52. The Morgan fingerprint density at radius 3 is 2.43 bits per heavy atom. The summed E-state index contributed by atoms with van der Waals surface area (Å²) in [5, 5.41) is 10.0. The molecule has 1 heterocycles. The van der Waals surface area contributed by atoms with Gasteiger partial charge in [0.15, 0.2) is 0 Å². The Balaban J connectivity index is 2.13. The number of benzene rings is 2. The van der Waals surface area contributed by atoms with Crippen LogP contribution in [0.4, 0.5) is 0 Å².